The van der Waals surface area contributed by atoms with Crippen molar-refractivity contribution in [1.29, 1.82) is 0 Å². The molecule has 0 fully saturated rings. The summed E-state index contributed by atoms with van der Waals surface area (Å²) in [6.07, 6.45) is 2.82. The molecule has 1 N–H and O–H groups in total. The van der Waals surface area contributed by atoms with Crippen molar-refractivity contribution in [3.63, 3.8) is 0 Å². The van der Waals surface area contributed by atoms with E-state index < -0.39 is 4.92 Å². The molecule has 2 aromatic carbocycles. The molecule has 0 aliphatic carbocycles. The fraction of sp³-hybridized carbons (Fsp3) is 0.0588. The Kier molecular flexibility index (Phi) is 4.78. The normalized spacial score (nSPS) is 11.1. The third-order valence-corrected chi connectivity index (χ3v) is 4.83. The van der Waals surface area contributed by atoms with Crippen LogP contribution in [0.4, 0.5) is 10.8 Å². The van der Waals surface area contributed by atoms with Crippen LogP contribution in [0.2, 0.25) is 5.02 Å². The fourth-order valence-corrected chi connectivity index (χ4v) is 3.30. The molecule has 3 aromatic rings. The van der Waals surface area contributed by atoms with E-state index in [-0.39, 0.29) is 11.6 Å². The molecule has 1 aromatic heterocycles. The van der Waals surface area contributed by atoms with E-state index in [4.69, 9.17) is 11.6 Å². The van der Waals surface area contributed by atoms with Gasteiger partial charge < -0.3 is 0 Å². The smallest absolute Gasteiger partial charge is 0.270 e. The number of halogens is 1. The minimum atomic E-state index is -0.480. The lowest BCUT2D eigenvalue weighted by Crippen LogP contribution is -2.07. The van der Waals surface area contributed by atoms with Crippen LogP contribution in [0.5, 0.6) is 0 Å². The molecule has 0 saturated heterocycles. The zero-order valence-corrected chi connectivity index (χ0v) is 14.6. The molecule has 0 unspecified atom stereocenters. The number of aromatic nitrogens is 1. The minimum absolute atomic E-state index is 0.0268. The van der Waals surface area contributed by atoms with E-state index in [1.165, 1.54) is 35.6 Å². The fourth-order valence-electron chi connectivity index (χ4n) is 2.21. The number of hydrogen-bond acceptors (Lipinski definition) is 5. The lowest BCUT2D eigenvalue weighted by atomic mass is 10.2. The first-order chi connectivity index (χ1) is 11.9. The largest absolute Gasteiger partial charge is 0.298 e. The van der Waals surface area contributed by atoms with Gasteiger partial charge in [-0.3, -0.25) is 20.2 Å². The van der Waals surface area contributed by atoms with E-state index >= 15 is 0 Å². The average molecular weight is 374 g/mol. The monoisotopic (exact) mass is 373 g/mol. The van der Waals surface area contributed by atoms with Crippen LogP contribution in [-0.4, -0.2) is 15.8 Å². The van der Waals surface area contributed by atoms with Crippen molar-refractivity contribution in [3.05, 3.63) is 68.7 Å². The molecule has 126 valence electrons. The zero-order valence-electron chi connectivity index (χ0n) is 13.0. The molecule has 1 amide bonds. The van der Waals surface area contributed by atoms with Gasteiger partial charge in [-0.25, -0.2) is 4.98 Å². The van der Waals surface area contributed by atoms with E-state index in [2.05, 4.69) is 10.3 Å². The number of non-ortho nitro benzene ring substituents is 1. The highest BCUT2D eigenvalue weighted by Crippen LogP contribution is 2.31. The first-order valence-corrected chi connectivity index (χ1v) is 8.42. The maximum absolute atomic E-state index is 12.0. The van der Waals surface area contributed by atoms with Crippen LogP contribution < -0.4 is 5.32 Å². The van der Waals surface area contributed by atoms with Gasteiger partial charge in [-0.1, -0.05) is 35.1 Å². The molecular weight excluding hydrogens is 362 g/mol. The van der Waals surface area contributed by atoms with Crippen molar-refractivity contribution in [2.24, 2.45) is 0 Å². The number of carbonyl (C=O) groups is 1. The number of anilines is 1. The van der Waals surface area contributed by atoms with E-state index in [1.807, 2.05) is 13.0 Å². The van der Waals surface area contributed by atoms with Gasteiger partial charge in [-0.15, -0.1) is 0 Å². The second-order valence-corrected chi connectivity index (χ2v) is 6.65. The summed E-state index contributed by atoms with van der Waals surface area (Å²) in [4.78, 5) is 26.7. The van der Waals surface area contributed by atoms with Gasteiger partial charge >= 0.3 is 0 Å². The van der Waals surface area contributed by atoms with Crippen molar-refractivity contribution >= 4 is 56.0 Å². The Hall–Kier alpha value is -2.77. The molecule has 1 heterocycles. The summed E-state index contributed by atoms with van der Waals surface area (Å²) in [6.45, 7) is 1.87. The van der Waals surface area contributed by atoms with Gasteiger partial charge in [-0.2, -0.15) is 0 Å². The van der Waals surface area contributed by atoms with Crippen LogP contribution in [0, 0.1) is 17.0 Å². The molecule has 0 atom stereocenters. The number of nitro groups is 1. The molecule has 0 aliphatic rings. The number of nitrogens with one attached hydrogen (secondary N) is 1. The molecule has 8 heteroatoms. The van der Waals surface area contributed by atoms with Gasteiger partial charge in [0.1, 0.15) is 0 Å². The Morgan fingerprint density at radius 2 is 2.16 bits per heavy atom. The van der Waals surface area contributed by atoms with Gasteiger partial charge in [0.15, 0.2) is 5.13 Å². The van der Waals surface area contributed by atoms with Gasteiger partial charge in [0.25, 0.3) is 5.69 Å². The van der Waals surface area contributed by atoms with Crippen molar-refractivity contribution in [2.75, 3.05) is 5.32 Å². The Bertz CT molecular complexity index is 1010. The second-order valence-electron chi connectivity index (χ2n) is 5.21. The van der Waals surface area contributed by atoms with Crippen LogP contribution in [0.15, 0.2) is 42.5 Å². The maximum Gasteiger partial charge on any atom is 0.270 e. The highest BCUT2D eigenvalue weighted by molar-refractivity contribution is 7.22. The third-order valence-electron chi connectivity index (χ3n) is 3.49. The summed E-state index contributed by atoms with van der Waals surface area (Å²) in [7, 11) is 0. The number of nitro benzene ring substituents is 1. The second kappa shape index (κ2) is 7.00. The Balaban J connectivity index is 1.75. The number of benzene rings is 2. The Labute approximate surface area is 151 Å². The van der Waals surface area contributed by atoms with Crippen molar-refractivity contribution in [2.45, 2.75) is 6.92 Å². The summed E-state index contributed by atoms with van der Waals surface area (Å²) in [5.41, 5.74) is 2.16. The summed E-state index contributed by atoms with van der Waals surface area (Å²) in [6, 6.07) is 9.69. The molecule has 25 heavy (non-hydrogen) atoms. The minimum Gasteiger partial charge on any atom is -0.298 e. The number of carbonyl (C=O) groups excluding carboxylic acids is 1. The van der Waals surface area contributed by atoms with Crippen LogP contribution in [0.1, 0.15) is 11.1 Å². The van der Waals surface area contributed by atoms with Gasteiger partial charge in [0.2, 0.25) is 5.91 Å². The topological polar surface area (TPSA) is 85.1 Å². The number of fused-ring (bicyclic) bond motifs is 1. The van der Waals surface area contributed by atoms with E-state index in [1.54, 1.807) is 18.2 Å². The van der Waals surface area contributed by atoms with Gasteiger partial charge in [0, 0.05) is 23.2 Å². The standard InChI is InChI=1S/C17H12ClN3O3S/c1-10-13(18)6-7-14-16(10)20-17(25-14)19-15(22)8-5-11-3-2-4-12(9-11)21(23)24/h2-9H,1H3,(H,19,20,22)/b8-5+. The SMILES string of the molecule is Cc1c(Cl)ccc2sc(NC(=O)/C=C/c3cccc([N+](=O)[O-])c3)nc12. The lowest BCUT2D eigenvalue weighted by Gasteiger charge is -1.97. The molecule has 0 aliphatic heterocycles. The number of aryl methyl sites for hydroxylation is 1. The van der Waals surface area contributed by atoms with Gasteiger partial charge in [0.05, 0.1) is 15.1 Å². The predicted molar refractivity (Wildman–Crippen MR) is 100 cm³/mol. The molecule has 0 bridgehead atoms. The van der Waals surface area contributed by atoms with E-state index in [0.717, 1.165) is 15.8 Å². The summed E-state index contributed by atoms with van der Waals surface area (Å²) >= 11 is 7.42. The van der Waals surface area contributed by atoms with E-state index in [0.29, 0.717) is 15.7 Å². The molecule has 0 spiro atoms. The van der Waals surface area contributed by atoms with Gasteiger partial charge in [-0.05, 0) is 36.3 Å². The summed E-state index contributed by atoms with van der Waals surface area (Å²) in [5, 5.41) is 14.5. The molecule has 0 saturated carbocycles. The summed E-state index contributed by atoms with van der Waals surface area (Å²) in [5.74, 6) is -0.366. The maximum atomic E-state index is 12.0. The van der Waals surface area contributed by atoms with Crippen LogP contribution in [0.3, 0.4) is 0 Å². The first-order valence-electron chi connectivity index (χ1n) is 7.23. The highest BCUT2D eigenvalue weighted by atomic mass is 35.5. The molecular formula is C17H12ClN3O3S. The number of thiazole rings is 1. The Morgan fingerprint density at radius 3 is 2.92 bits per heavy atom. The zero-order chi connectivity index (χ0) is 18.0. The average Bonchev–Trinajstić information content (AvgIpc) is 3.00. The number of amides is 1. The molecule has 0 radical (unpaired) electrons. The lowest BCUT2D eigenvalue weighted by molar-refractivity contribution is -0.384. The number of hydrogen-bond donors (Lipinski definition) is 1. The number of nitrogens with zero attached hydrogens (tertiary/aromatic N) is 2. The van der Waals surface area contributed by atoms with Crippen molar-refractivity contribution in [1.82, 2.24) is 4.98 Å². The summed E-state index contributed by atoms with van der Waals surface area (Å²) < 4.78 is 0.930. The molecule has 3 rings (SSSR count). The van der Waals surface area contributed by atoms with Crippen molar-refractivity contribution in [3.8, 4) is 0 Å². The first kappa shape index (κ1) is 17.1. The highest BCUT2D eigenvalue weighted by Gasteiger charge is 2.10. The third kappa shape index (κ3) is 3.84. The van der Waals surface area contributed by atoms with Crippen LogP contribution >= 0.6 is 22.9 Å². The molecule has 6 nitrogen and oxygen atoms in total. The quantitative estimate of drug-likeness (QED) is 0.403. The van der Waals surface area contributed by atoms with Crippen molar-refractivity contribution < 1.29 is 9.72 Å². The van der Waals surface area contributed by atoms with E-state index in [9.17, 15) is 14.9 Å². The predicted octanol–water partition coefficient (Wildman–Crippen LogP) is 4.82. The van der Waals surface area contributed by atoms with Crippen LogP contribution in [-0.2, 0) is 4.79 Å². The number of rotatable bonds is 4. The van der Waals surface area contributed by atoms with Crippen LogP contribution in [0.25, 0.3) is 16.3 Å². The Morgan fingerprint density at radius 1 is 1.36 bits per heavy atom.